The molecule has 0 radical (unpaired) electrons. The summed E-state index contributed by atoms with van der Waals surface area (Å²) in [5, 5.41) is 9.52. The van der Waals surface area contributed by atoms with E-state index in [9.17, 15) is 4.79 Å². The van der Waals surface area contributed by atoms with Crippen LogP contribution in [0.2, 0.25) is 0 Å². The van der Waals surface area contributed by atoms with E-state index in [1.807, 2.05) is 30.3 Å². The maximum absolute atomic E-state index is 12.1. The molecule has 0 unspecified atom stereocenters. The SMILES string of the molecule is CN=C(NCC(=O)NCc1ccccc1)N1CCN(c2cccs2)CC1. The zero-order valence-electron chi connectivity index (χ0n) is 15.0. The minimum Gasteiger partial charge on any atom is -0.360 e. The second-order valence-corrected chi connectivity index (χ2v) is 7.01. The van der Waals surface area contributed by atoms with Crippen LogP contribution in [0.15, 0.2) is 52.8 Å². The van der Waals surface area contributed by atoms with E-state index in [-0.39, 0.29) is 12.5 Å². The van der Waals surface area contributed by atoms with Gasteiger partial charge in [0.05, 0.1) is 11.5 Å². The highest BCUT2D eigenvalue weighted by Gasteiger charge is 2.20. The zero-order chi connectivity index (χ0) is 18.2. The molecule has 1 aromatic carbocycles. The number of guanidine groups is 1. The topological polar surface area (TPSA) is 60.0 Å². The van der Waals surface area contributed by atoms with Crippen LogP contribution >= 0.6 is 11.3 Å². The maximum Gasteiger partial charge on any atom is 0.239 e. The number of aliphatic imine (C=N–C) groups is 1. The number of carbonyl (C=O) groups is 1. The third kappa shape index (κ3) is 4.98. The van der Waals surface area contributed by atoms with Crippen molar-refractivity contribution in [3.63, 3.8) is 0 Å². The lowest BCUT2D eigenvalue weighted by Gasteiger charge is -2.36. The highest BCUT2D eigenvalue weighted by Crippen LogP contribution is 2.22. The molecule has 1 aromatic heterocycles. The Balaban J connectivity index is 1.41. The van der Waals surface area contributed by atoms with Crippen LogP contribution in [0, 0.1) is 0 Å². The molecule has 1 saturated heterocycles. The maximum atomic E-state index is 12.1. The second kappa shape index (κ2) is 9.24. The molecule has 1 amide bonds. The van der Waals surface area contributed by atoms with Crippen molar-refractivity contribution >= 4 is 28.2 Å². The summed E-state index contributed by atoms with van der Waals surface area (Å²) in [7, 11) is 1.76. The molecule has 2 N–H and O–H groups in total. The van der Waals surface area contributed by atoms with Crippen molar-refractivity contribution in [1.82, 2.24) is 15.5 Å². The van der Waals surface area contributed by atoms with Crippen molar-refractivity contribution in [2.75, 3.05) is 44.7 Å². The molecule has 0 atom stereocenters. The van der Waals surface area contributed by atoms with Crippen LogP contribution in [0.1, 0.15) is 5.56 Å². The van der Waals surface area contributed by atoms with Gasteiger partial charge in [0.25, 0.3) is 0 Å². The van der Waals surface area contributed by atoms with Gasteiger partial charge in [-0.25, -0.2) is 0 Å². The number of rotatable bonds is 5. The number of nitrogens with zero attached hydrogens (tertiary/aromatic N) is 3. The number of nitrogens with one attached hydrogen (secondary N) is 2. The molecule has 138 valence electrons. The van der Waals surface area contributed by atoms with E-state index >= 15 is 0 Å². The molecule has 0 bridgehead atoms. The predicted molar refractivity (Wildman–Crippen MR) is 108 cm³/mol. The number of piperazine rings is 1. The number of benzene rings is 1. The first kappa shape index (κ1) is 18.3. The van der Waals surface area contributed by atoms with E-state index in [0.29, 0.717) is 6.54 Å². The van der Waals surface area contributed by atoms with Gasteiger partial charge in [0.15, 0.2) is 5.96 Å². The van der Waals surface area contributed by atoms with Crippen molar-refractivity contribution in [1.29, 1.82) is 0 Å². The van der Waals surface area contributed by atoms with Gasteiger partial charge in [-0.05, 0) is 23.1 Å². The number of amides is 1. The molecule has 0 spiro atoms. The van der Waals surface area contributed by atoms with Gasteiger partial charge in [0.1, 0.15) is 0 Å². The lowest BCUT2D eigenvalue weighted by atomic mass is 10.2. The van der Waals surface area contributed by atoms with Crippen molar-refractivity contribution < 1.29 is 4.79 Å². The standard InChI is InChI=1S/C19H25N5OS/c1-20-19(22-15-17(25)21-14-16-6-3-2-4-7-16)24-11-9-23(10-12-24)18-8-5-13-26-18/h2-8,13H,9-12,14-15H2,1H3,(H,20,22)(H,21,25). The predicted octanol–water partition coefficient (Wildman–Crippen LogP) is 1.76. The van der Waals surface area contributed by atoms with Gasteiger partial charge < -0.3 is 20.4 Å². The van der Waals surface area contributed by atoms with Crippen LogP contribution in [-0.4, -0.2) is 56.5 Å². The van der Waals surface area contributed by atoms with Crippen molar-refractivity contribution in [3.8, 4) is 0 Å². The Morgan fingerprint density at radius 3 is 2.50 bits per heavy atom. The largest absolute Gasteiger partial charge is 0.360 e. The Labute approximate surface area is 158 Å². The van der Waals surface area contributed by atoms with Crippen molar-refractivity contribution in [2.24, 2.45) is 4.99 Å². The molecule has 3 rings (SSSR count). The van der Waals surface area contributed by atoms with Crippen LogP contribution in [0.4, 0.5) is 5.00 Å². The zero-order valence-corrected chi connectivity index (χ0v) is 15.8. The first-order valence-corrected chi connectivity index (χ1v) is 9.69. The molecule has 2 heterocycles. The number of anilines is 1. The lowest BCUT2D eigenvalue weighted by molar-refractivity contribution is -0.120. The average Bonchev–Trinajstić information content (AvgIpc) is 3.23. The minimum atomic E-state index is -0.0350. The Bertz CT molecular complexity index is 709. The van der Waals surface area contributed by atoms with Crippen LogP contribution in [0.25, 0.3) is 0 Å². The first-order valence-electron chi connectivity index (χ1n) is 8.81. The van der Waals surface area contributed by atoms with E-state index in [0.717, 1.165) is 37.7 Å². The fourth-order valence-electron chi connectivity index (χ4n) is 2.94. The summed E-state index contributed by atoms with van der Waals surface area (Å²) in [5.74, 6) is 0.748. The Morgan fingerprint density at radius 2 is 1.85 bits per heavy atom. The third-order valence-electron chi connectivity index (χ3n) is 4.35. The van der Waals surface area contributed by atoms with E-state index in [1.165, 1.54) is 5.00 Å². The van der Waals surface area contributed by atoms with Crippen LogP contribution in [-0.2, 0) is 11.3 Å². The number of thiophene rings is 1. The number of carbonyl (C=O) groups excluding carboxylic acids is 1. The third-order valence-corrected chi connectivity index (χ3v) is 5.28. The molecule has 2 aromatic rings. The normalized spacial score (nSPS) is 15.0. The molecule has 26 heavy (non-hydrogen) atoms. The monoisotopic (exact) mass is 371 g/mol. The average molecular weight is 372 g/mol. The van der Waals surface area contributed by atoms with Crippen molar-refractivity contribution in [2.45, 2.75) is 6.54 Å². The summed E-state index contributed by atoms with van der Waals surface area (Å²) in [4.78, 5) is 21.0. The van der Waals surface area contributed by atoms with Crippen LogP contribution in [0.3, 0.4) is 0 Å². The van der Waals surface area contributed by atoms with E-state index < -0.39 is 0 Å². The van der Waals surface area contributed by atoms with Gasteiger partial charge in [-0.2, -0.15) is 0 Å². The summed E-state index contributed by atoms with van der Waals surface area (Å²) in [6.45, 7) is 4.47. The molecule has 1 aliphatic rings. The summed E-state index contributed by atoms with van der Waals surface area (Å²) in [6.07, 6.45) is 0. The second-order valence-electron chi connectivity index (χ2n) is 6.09. The van der Waals surface area contributed by atoms with E-state index in [4.69, 9.17) is 0 Å². The fraction of sp³-hybridized carbons (Fsp3) is 0.368. The van der Waals surface area contributed by atoms with Crippen molar-refractivity contribution in [3.05, 3.63) is 53.4 Å². The van der Waals surface area contributed by atoms with Gasteiger partial charge >= 0.3 is 0 Å². The Hall–Kier alpha value is -2.54. The van der Waals surface area contributed by atoms with Crippen LogP contribution in [0.5, 0.6) is 0 Å². The fourth-order valence-corrected chi connectivity index (χ4v) is 3.72. The summed E-state index contributed by atoms with van der Waals surface area (Å²) >= 11 is 1.77. The van der Waals surface area contributed by atoms with Gasteiger partial charge in [0, 0.05) is 39.8 Å². The molecular weight excluding hydrogens is 346 g/mol. The molecule has 1 fully saturated rings. The quantitative estimate of drug-likeness (QED) is 0.621. The van der Waals surface area contributed by atoms with Crippen LogP contribution < -0.4 is 15.5 Å². The molecule has 0 saturated carbocycles. The van der Waals surface area contributed by atoms with E-state index in [2.05, 4.69) is 42.9 Å². The van der Waals surface area contributed by atoms with E-state index in [1.54, 1.807) is 18.4 Å². The number of hydrogen-bond donors (Lipinski definition) is 2. The van der Waals surface area contributed by atoms with Gasteiger partial charge in [0.2, 0.25) is 5.91 Å². The summed E-state index contributed by atoms with van der Waals surface area (Å²) in [5.41, 5.74) is 1.09. The molecule has 0 aliphatic carbocycles. The molecule has 7 heteroatoms. The molecular formula is C19H25N5OS. The first-order chi connectivity index (χ1) is 12.8. The summed E-state index contributed by atoms with van der Waals surface area (Å²) < 4.78 is 0. The number of hydrogen-bond acceptors (Lipinski definition) is 4. The smallest absolute Gasteiger partial charge is 0.239 e. The summed E-state index contributed by atoms with van der Waals surface area (Å²) in [6, 6.07) is 14.1. The molecule has 6 nitrogen and oxygen atoms in total. The van der Waals surface area contributed by atoms with Gasteiger partial charge in [-0.3, -0.25) is 9.79 Å². The minimum absolute atomic E-state index is 0.0350. The molecule has 1 aliphatic heterocycles. The Morgan fingerprint density at radius 1 is 1.08 bits per heavy atom. The highest BCUT2D eigenvalue weighted by molar-refractivity contribution is 7.14. The van der Waals surface area contributed by atoms with Gasteiger partial charge in [-0.15, -0.1) is 11.3 Å². The Kier molecular flexibility index (Phi) is 6.49. The highest BCUT2D eigenvalue weighted by atomic mass is 32.1. The lowest BCUT2D eigenvalue weighted by Crippen LogP contribution is -2.53. The van der Waals surface area contributed by atoms with Gasteiger partial charge in [-0.1, -0.05) is 30.3 Å².